The summed E-state index contributed by atoms with van der Waals surface area (Å²) in [6.07, 6.45) is 2.14. The summed E-state index contributed by atoms with van der Waals surface area (Å²) >= 11 is 1.53. The minimum absolute atomic E-state index is 0.134. The van der Waals surface area contributed by atoms with Crippen molar-refractivity contribution in [2.75, 3.05) is 6.54 Å². The molecule has 4 nitrogen and oxygen atoms in total. The van der Waals surface area contributed by atoms with Crippen LogP contribution in [0.1, 0.15) is 48.0 Å². The van der Waals surface area contributed by atoms with Gasteiger partial charge < -0.3 is 10.1 Å². The van der Waals surface area contributed by atoms with E-state index in [-0.39, 0.29) is 10.8 Å². The molecule has 0 aliphatic rings. The zero-order valence-electron chi connectivity index (χ0n) is 11.7. The molecule has 0 spiro atoms. The van der Waals surface area contributed by atoms with Crippen molar-refractivity contribution < 1.29 is 9.53 Å². The summed E-state index contributed by atoms with van der Waals surface area (Å²) in [7, 11) is 0. The van der Waals surface area contributed by atoms with Crippen molar-refractivity contribution >= 4 is 24.3 Å². The van der Waals surface area contributed by atoms with Gasteiger partial charge in [0.2, 0.25) is 0 Å². The fourth-order valence-electron chi connectivity index (χ4n) is 0.801. The maximum absolute atomic E-state index is 11.3. The molecule has 0 unspecified atom stereocenters. The van der Waals surface area contributed by atoms with Crippen LogP contribution in [0, 0.1) is 0 Å². The van der Waals surface area contributed by atoms with Gasteiger partial charge >= 0.3 is 6.09 Å². The maximum atomic E-state index is 11.3. The lowest BCUT2D eigenvalue weighted by atomic mass is 10.2. The van der Waals surface area contributed by atoms with Crippen LogP contribution in [0.5, 0.6) is 0 Å². The molecule has 0 aromatic heterocycles. The average molecular weight is 260 g/mol. The van der Waals surface area contributed by atoms with Gasteiger partial charge in [-0.25, -0.2) is 9.19 Å². The van der Waals surface area contributed by atoms with E-state index < -0.39 is 5.60 Å². The Bertz CT molecular complexity index is 265. The summed E-state index contributed by atoms with van der Waals surface area (Å²) in [6.45, 7) is 12.4. The van der Waals surface area contributed by atoms with Crippen LogP contribution in [0.25, 0.3) is 0 Å². The molecule has 0 aliphatic carbocycles. The van der Waals surface area contributed by atoms with E-state index in [2.05, 4.69) is 30.5 Å². The van der Waals surface area contributed by atoms with Crippen molar-refractivity contribution in [2.24, 2.45) is 4.40 Å². The lowest BCUT2D eigenvalue weighted by Crippen LogP contribution is -2.33. The molecule has 0 aromatic rings. The third-order valence-corrected chi connectivity index (χ3v) is 2.14. The van der Waals surface area contributed by atoms with Crippen molar-refractivity contribution in [3.63, 3.8) is 0 Å². The molecule has 0 saturated carbocycles. The summed E-state index contributed by atoms with van der Waals surface area (Å²) in [5.41, 5.74) is -0.444. The molecule has 0 rings (SSSR count). The lowest BCUT2D eigenvalue weighted by Gasteiger charge is -2.19. The van der Waals surface area contributed by atoms with Crippen LogP contribution < -0.4 is 5.32 Å². The zero-order chi connectivity index (χ0) is 13.5. The number of ether oxygens (including phenoxy) is 1. The molecule has 1 N–H and O–H groups in total. The zero-order valence-corrected chi connectivity index (χ0v) is 12.5. The van der Waals surface area contributed by atoms with Crippen LogP contribution in [0.4, 0.5) is 4.79 Å². The minimum Gasteiger partial charge on any atom is -0.444 e. The van der Waals surface area contributed by atoms with Gasteiger partial charge in [-0.2, -0.15) is 0 Å². The van der Waals surface area contributed by atoms with Gasteiger partial charge in [0.15, 0.2) is 0 Å². The molecule has 0 fully saturated rings. The summed E-state index contributed by atoms with van der Waals surface area (Å²) < 4.78 is 9.45. The Kier molecular flexibility index (Phi) is 6.60. The first-order valence-corrected chi connectivity index (χ1v) is 6.54. The van der Waals surface area contributed by atoms with Gasteiger partial charge in [0, 0.05) is 23.9 Å². The summed E-state index contributed by atoms with van der Waals surface area (Å²) in [5, 5.41) is 2.68. The van der Waals surface area contributed by atoms with E-state index in [1.165, 1.54) is 11.9 Å². The fourth-order valence-corrected chi connectivity index (χ4v) is 1.30. The number of alkyl carbamates (subject to hydrolysis) is 1. The largest absolute Gasteiger partial charge is 0.444 e. The van der Waals surface area contributed by atoms with Gasteiger partial charge in [-0.3, -0.25) is 0 Å². The van der Waals surface area contributed by atoms with E-state index in [0.717, 1.165) is 0 Å². The highest BCUT2D eigenvalue weighted by molar-refractivity contribution is 7.99. The number of nitrogens with zero attached hydrogens (tertiary/aromatic N) is 1. The van der Waals surface area contributed by atoms with Crippen LogP contribution in [-0.2, 0) is 4.74 Å². The van der Waals surface area contributed by atoms with Crippen molar-refractivity contribution in [3.05, 3.63) is 0 Å². The van der Waals surface area contributed by atoms with Crippen LogP contribution in [-0.4, -0.2) is 29.2 Å². The fraction of sp³-hybridized carbons (Fsp3) is 0.833. The molecule has 0 atom stereocenters. The topological polar surface area (TPSA) is 50.7 Å². The Hall–Kier alpha value is -0.710. The van der Waals surface area contributed by atoms with Gasteiger partial charge in [-0.1, -0.05) is 0 Å². The van der Waals surface area contributed by atoms with E-state index in [1.807, 2.05) is 27.0 Å². The number of carbonyl (C=O) groups is 1. The molecule has 100 valence electrons. The third kappa shape index (κ3) is 13.2. The Labute approximate surface area is 109 Å². The van der Waals surface area contributed by atoms with Crippen LogP contribution in [0.2, 0.25) is 0 Å². The van der Waals surface area contributed by atoms with Gasteiger partial charge in [-0.05, 0) is 53.5 Å². The smallest absolute Gasteiger partial charge is 0.407 e. The Morgan fingerprint density at radius 1 is 1.29 bits per heavy atom. The normalized spacial score (nSPS) is 12.8. The number of amides is 1. The molecule has 0 saturated heterocycles. The maximum Gasteiger partial charge on any atom is 0.407 e. The Morgan fingerprint density at radius 3 is 2.35 bits per heavy atom. The Balaban J connectivity index is 3.62. The predicted octanol–water partition coefficient (Wildman–Crippen LogP) is 3.42. The van der Waals surface area contributed by atoms with Gasteiger partial charge in [0.1, 0.15) is 5.60 Å². The number of hydrogen-bond acceptors (Lipinski definition) is 4. The molecular formula is C12H24N2O2S. The number of rotatable bonds is 4. The summed E-state index contributed by atoms with van der Waals surface area (Å²) in [5.74, 6) is 0. The van der Waals surface area contributed by atoms with Crippen molar-refractivity contribution in [1.82, 2.24) is 5.32 Å². The highest BCUT2D eigenvalue weighted by atomic mass is 32.2. The van der Waals surface area contributed by atoms with Gasteiger partial charge in [0.25, 0.3) is 0 Å². The van der Waals surface area contributed by atoms with E-state index in [1.54, 1.807) is 0 Å². The van der Waals surface area contributed by atoms with E-state index in [4.69, 9.17) is 4.74 Å². The second-order valence-corrected chi connectivity index (χ2v) is 7.33. The van der Waals surface area contributed by atoms with Crippen LogP contribution in [0.3, 0.4) is 0 Å². The molecule has 0 radical (unpaired) electrons. The van der Waals surface area contributed by atoms with Crippen LogP contribution in [0.15, 0.2) is 4.40 Å². The number of carbonyl (C=O) groups excluding carboxylic acids is 1. The van der Waals surface area contributed by atoms with Crippen molar-refractivity contribution in [2.45, 2.75) is 58.3 Å². The lowest BCUT2D eigenvalue weighted by molar-refractivity contribution is 0.0529. The Morgan fingerprint density at radius 2 is 1.88 bits per heavy atom. The molecule has 17 heavy (non-hydrogen) atoms. The molecule has 1 amide bonds. The van der Waals surface area contributed by atoms with Crippen molar-refractivity contribution in [1.29, 1.82) is 0 Å². The SMILES string of the molecule is CC(C)(C)OC(=O)NCC/C=N/SC(C)(C)C. The molecular weight excluding hydrogens is 236 g/mol. The van der Waals surface area contributed by atoms with E-state index in [9.17, 15) is 4.79 Å². The first-order chi connectivity index (χ1) is 7.60. The third-order valence-electron chi connectivity index (χ3n) is 1.34. The summed E-state index contributed by atoms with van der Waals surface area (Å²) in [6, 6.07) is 0. The summed E-state index contributed by atoms with van der Waals surface area (Å²) in [4.78, 5) is 11.3. The molecule has 5 heteroatoms. The molecule has 0 aliphatic heterocycles. The minimum atomic E-state index is -0.444. The standard InChI is InChI=1S/C12H24N2O2S/c1-11(2,3)16-10(15)13-8-7-9-14-17-12(4,5)6/h9H,7-8H2,1-6H3,(H,13,15)/b14-9+. The number of nitrogens with one attached hydrogen (secondary N) is 1. The van der Waals surface area contributed by atoms with Crippen LogP contribution >= 0.6 is 11.9 Å². The quantitative estimate of drug-likeness (QED) is 0.479. The molecule has 0 heterocycles. The first-order valence-electron chi connectivity index (χ1n) is 5.77. The molecule has 0 aromatic carbocycles. The van der Waals surface area contributed by atoms with Crippen molar-refractivity contribution in [3.8, 4) is 0 Å². The highest BCUT2D eigenvalue weighted by Gasteiger charge is 2.15. The average Bonchev–Trinajstić information content (AvgIpc) is 2.06. The van der Waals surface area contributed by atoms with E-state index >= 15 is 0 Å². The second kappa shape index (κ2) is 6.89. The number of hydrogen-bond donors (Lipinski definition) is 1. The second-order valence-electron chi connectivity index (χ2n) is 5.71. The predicted molar refractivity (Wildman–Crippen MR) is 74.7 cm³/mol. The monoisotopic (exact) mass is 260 g/mol. The highest BCUT2D eigenvalue weighted by Crippen LogP contribution is 2.23. The van der Waals surface area contributed by atoms with Gasteiger partial charge in [0.05, 0.1) is 0 Å². The van der Waals surface area contributed by atoms with E-state index in [0.29, 0.717) is 13.0 Å². The van der Waals surface area contributed by atoms with Gasteiger partial charge in [-0.15, -0.1) is 0 Å². The first kappa shape index (κ1) is 16.3. The molecule has 0 bridgehead atoms.